The summed E-state index contributed by atoms with van der Waals surface area (Å²) in [7, 11) is 0. The Bertz CT molecular complexity index is 1600. The Kier molecular flexibility index (Phi) is 6.03. The highest BCUT2D eigenvalue weighted by molar-refractivity contribution is 14.1. The largest absolute Gasteiger partial charge is 0.490 e. The molecule has 5 rings (SSSR count). The van der Waals surface area contributed by atoms with Crippen LogP contribution in [0, 0.1) is 9.39 Å². The molecule has 0 spiro atoms. The molecule has 0 fully saturated rings. The highest BCUT2D eigenvalue weighted by Gasteiger charge is 2.15. The van der Waals surface area contributed by atoms with Gasteiger partial charge in [-0.1, -0.05) is 41.7 Å². The van der Waals surface area contributed by atoms with E-state index in [1.807, 2.05) is 49.4 Å². The minimum Gasteiger partial charge on any atom is -0.490 e. The summed E-state index contributed by atoms with van der Waals surface area (Å²) in [6, 6.07) is 17.9. The number of thiazole rings is 1. The molecule has 0 amide bonds. The molecule has 2 aromatic heterocycles. The van der Waals surface area contributed by atoms with Crippen LogP contribution in [0.2, 0.25) is 0 Å². The summed E-state index contributed by atoms with van der Waals surface area (Å²) in [5.74, 6) is 0.784. The molecule has 0 aliphatic carbocycles. The number of hydrogen-bond acceptors (Lipinski definition) is 5. The van der Waals surface area contributed by atoms with Crippen molar-refractivity contribution in [1.82, 2.24) is 9.38 Å². The Balaban J connectivity index is 1.54. The Morgan fingerprint density at radius 2 is 1.91 bits per heavy atom. The van der Waals surface area contributed by atoms with Crippen LogP contribution in [0.1, 0.15) is 18.1 Å². The van der Waals surface area contributed by atoms with Crippen molar-refractivity contribution in [2.45, 2.75) is 13.5 Å². The molecule has 5 nitrogen and oxygen atoms in total. The first kappa shape index (κ1) is 21.8. The fourth-order valence-corrected chi connectivity index (χ4v) is 5.37. The molecular weight excluding hydrogens is 554 g/mol. The van der Waals surface area contributed by atoms with Crippen LogP contribution in [-0.4, -0.2) is 16.0 Å². The van der Waals surface area contributed by atoms with Crippen LogP contribution < -0.4 is 19.6 Å². The molecule has 0 atom stereocenters. The second kappa shape index (κ2) is 9.11. The molecule has 166 valence electrons. The molecule has 33 heavy (non-hydrogen) atoms. The predicted molar refractivity (Wildman–Crippen MR) is 137 cm³/mol. The van der Waals surface area contributed by atoms with Crippen LogP contribution in [0.4, 0.5) is 4.39 Å². The summed E-state index contributed by atoms with van der Waals surface area (Å²) in [6.07, 6.45) is 1.84. The summed E-state index contributed by atoms with van der Waals surface area (Å²) < 4.78 is 28.8. The summed E-state index contributed by atoms with van der Waals surface area (Å²) in [5, 5.41) is 0. The molecule has 0 bridgehead atoms. The topological polar surface area (TPSA) is 52.8 Å². The van der Waals surface area contributed by atoms with Gasteiger partial charge in [-0.2, -0.15) is 0 Å². The number of halogens is 2. The van der Waals surface area contributed by atoms with E-state index in [1.165, 1.54) is 17.4 Å². The maximum atomic E-state index is 14.0. The van der Waals surface area contributed by atoms with Crippen molar-refractivity contribution >= 4 is 56.0 Å². The maximum absolute atomic E-state index is 14.0. The van der Waals surface area contributed by atoms with E-state index in [4.69, 9.17) is 9.47 Å². The molecule has 8 heteroatoms. The van der Waals surface area contributed by atoms with Crippen LogP contribution in [0.25, 0.3) is 22.1 Å². The SMILES string of the molecule is CCOc1cc(/C=c2\sc3nc4ccccc4n3c2=O)cc(I)c1OCc1ccccc1F. The Hall–Kier alpha value is -2.98. The number of para-hydroxylation sites is 2. The number of nitrogens with zero attached hydrogens (tertiary/aromatic N) is 2. The third-order valence-electron chi connectivity index (χ3n) is 5.10. The van der Waals surface area contributed by atoms with E-state index in [9.17, 15) is 9.18 Å². The number of imidazole rings is 1. The standard InChI is InChI=1S/C25H18FIN2O3S/c1-2-31-21-12-15(11-18(27)23(21)32-14-16-7-3-4-8-17(16)26)13-22-24(30)29-20-10-6-5-9-19(20)28-25(29)33-22/h3-13H,2,14H2,1H3/b22-13-. The van der Waals surface area contributed by atoms with Crippen LogP contribution in [0.15, 0.2) is 65.5 Å². The van der Waals surface area contributed by atoms with Crippen LogP contribution in [0.3, 0.4) is 0 Å². The zero-order valence-electron chi connectivity index (χ0n) is 17.5. The first-order valence-corrected chi connectivity index (χ1v) is 12.2. The van der Waals surface area contributed by atoms with Crippen LogP contribution in [-0.2, 0) is 6.61 Å². The smallest absolute Gasteiger partial charge is 0.274 e. The second-order valence-corrected chi connectivity index (χ2v) is 9.45. The Morgan fingerprint density at radius 3 is 2.73 bits per heavy atom. The molecule has 0 aliphatic rings. The van der Waals surface area contributed by atoms with Gasteiger partial charge in [0, 0.05) is 5.56 Å². The van der Waals surface area contributed by atoms with Crippen LogP contribution >= 0.6 is 33.9 Å². The lowest BCUT2D eigenvalue weighted by molar-refractivity contribution is 0.264. The minimum absolute atomic E-state index is 0.0890. The number of ether oxygens (including phenoxy) is 2. The monoisotopic (exact) mass is 572 g/mol. The summed E-state index contributed by atoms with van der Waals surface area (Å²) in [4.78, 5) is 18.3. The molecule has 5 aromatic rings. The van der Waals surface area contributed by atoms with Crippen molar-refractivity contribution in [3.05, 3.63) is 96.1 Å². The number of hydrogen-bond donors (Lipinski definition) is 0. The van der Waals surface area contributed by atoms with Gasteiger partial charge in [-0.3, -0.25) is 4.79 Å². The van der Waals surface area contributed by atoms with Crippen LogP contribution in [0.5, 0.6) is 11.5 Å². The quantitative estimate of drug-likeness (QED) is 0.264. The molecule has 0 N–H and O–H groups in total. The van der Waals surface area contributed by atoms with E-state index in [0.29, 0.717) is 33.2 Å². The molecule has 3 aromatic carbocycles. The average Bonchev–Trinajstić information content (AvgIpc) is 3.30. The average molecular weight is 572 g/mol. The normalized spacial score (nSPS) is 12.0. The van der Waals surface area contributed by atoms with E-state index < -0.39 is 0 Å². The molecule has 0 saturated carbocycles. The van der Waals surface area contributed by atoms with Crippen molar-refractivity contribution in [2.24, 2.45) is 0 Å². The fraction of sp³-hybridized carbons (Fsp3) is 0.120. The number of fused-ring (bicyclic) bond motifs is 3. The maximum Gasteiger partial charge on any atom is 0.274 e. The highest BCUT2D eigenvalue weighted by Crippen LogP contribution is 2.35. The van der Waals surface area contributed by atoms with Gasteiger partial charge in [-0.05, 0) is 71.5 Å². The zero-order valence-corrected chi connectivity index (χ0v) is 20.5. The molecule has 0 saturated heterocycles. The zero-order chi connectivity index (χ0) is 22.9. The van der Waals surface area contributed by atoms with Crippen molar-refractivity contribution in [3.8, 4) is 11.5 Å². The van der Waals surface area contributed by atoms with Gasteiger partial charge in [0.05, 0.1) is 25.7 Å². The third kappa shape index (κ3) is 4.20. The van der Waals surface area contributed by atoms with E-state index in [1.54, 1.807) is 22.6 Å². The summed E-state index contributed by atoms with van der Waals surface area (Å²) in [5.41, 5.74) is 2.78. The van der Waals surface area contributed by atoms with Gasteiger partial charge in [0.1, 0.15) is 12.4 Å². The minimum atomic E-state index is -0.311. The van der Waals surface area contributed by atoms with E-state index in [0.717, 1.165) is 20.2 Å². The molecule has 0 aliphatic heterocycles. The Morgan fingerprint density at radius 1 is 1.12 bits per heavy atom. The van der Waals surface area contributed by atoms with E-state index >= 15 is 0 Å². The number of benzene rings is 3. The summed E-state index contributed by atoms with van der Waals surface area (Å²) in [6.45, 7) is 2.42. The molecular formula is C25H18FIN2O3S. The number of rotatable bonds is 6. The van der Waals surface area contributed by atoms with E-state index in [-0.39, 0.29) is 18.0 Å². The summed E-state index contributed by atoms with van der Waals surface area (Å²) >= 11 is 3.52. The fourth-order valence-electron chi connectivity index (χ4n) is 3.60. The first-order chi connectivity index (χ1) is 16.0. The molecule has 2 heterocycles. The van der Waals surface area contributed by atoms with Crippen molar-refractivity contribution in [2.75, 3.05) is 6.61 Å². The molecule has 0 unspecified atom stereocenters. The number of aromatic nitrogens is 2. The predicted octanol–water partition coefficient (Wildman–Crippen LogP) is 5.18. The highest BCUT2D eigenvalue weighted by atomic mass is 127. The lowest BCUT2D eigenvalue weighted by Crippen LogP contribution is -2.22. The van der Waals surface area contributed by atoms with Gasteiger partial charge < -0.3 is 9.47 Å². The lowest BCUT2D eigenvalue weighted by atomic mass is 10.2. The molecule has 0 radical (unpaired) electrons. The van der Waals surface area contributed by atoms with Gasteiger partial charge in [0.2, 0.25) is 0 Å². The van der Waals surface area contributed by atoms with Gasteiger partial charge in [-0.15, -0.1) is 0 Å². The first-order valence-electron chi connectivity index (χ1n) is 10.3. The van der Waals surface area contributed by atoms with Gasteiger partial charge in [-0.25, -0.2) is 13.8 Å². The van der Waals surface area contributed by atoms with Gasteiger partial charge in [0.25, 0.3) is 5.56 Å². The van der Waals surface area contributed by atoms with Crippen molar-refractivity contribution < 1.29 is 13.9 Å². The van der Waals surface area contributed by atoms with Crippen molar-refractivity contribution in [3.63, 3.8) is 0 Å². The lowest BCUT2D eigenvalue weighted by Gasteiger charge is -2.15. The second-order valence-electron chi connectivity index (χ2n) is 7.28. The van der Waals surface area contributed by atoms with Gasteiger partial charge >= 0.3 is 0 Å². The van der Waals surface area contributed by atoms with Crippen molar-refractivity contribution in [1.29, 1.82) is 0 Å². The third-order valence-corrected chi connectivity index (χ3v) is 6.87. The Labute approximate surface area is 206 Å². The van der Waals surface area contributed by atoms with E-state index in [2.05, 4.69) is 27.6 Å². The van der Waals surface area contributed by atoms with Gasteiger partial charge in [0.15, 0.2) is 16.5 Å².